The molecule has 1 aliphatic heterocycles. The second-order valence-corrected chi connectivity index (χ2v) is 8.13. The van der Waals surface area contributed by atoms with Crippen molar-refractivity contribution in [3.8, 4) is 0 Å². The molecular formula is C22H26Cl2N4O. The smallest absolute Gasteiger partial charge is 0.253 e. The fourth-order valence-electron chi connectivity index (χ4n) is 3.41. The van der Waals surface area contributed by atoms with Crippen LogP contribution >= 0.6 is 23.2 Å². The number of likely N-dealkylation sites (tertiary alicyclic amines) is 1. The van der Waals surface area contributed by atoms with Crippen LogP contribution in [0.5, 0.6) is 0 Å². The lowest BCUT2D eigenvalue weighted by atomic mass is 10.1. The number of benzene rings is 2. The molecule has 2 aromatic carbocycles. The van der Waals surface area contributed by atoms with Crippen molar-refractivity contribution in [2.45, 2.75) is 38.8 Å². The average Bonchev–Trinajstić information content (AvgIpc) is 2.72. The molecule has 0 aromatic heterocycles. The lowest BCUT2D eigenvalue weighted by Gasteiger charge is -2.26. The highest BCUT2D eigenvalue weighted by Gasteiger charge is 2.17. The van der Waals surface area contributed by atoms with Crippen molar-refractivity contribution >= 4 is 35.1 Å². The second kappa shape index (κ2) is 9.99. The van der Waals surface area contributed by atoms with Crippen LogP contribution in [0.15, 0.2) is 47.5 Å². The molecule has 7 heteroatoms. The quantitative estimate of drug-likeness (QED) is 0.527. The maximum atomic E-state index is 12.5. The summed E-state index contributed by atoms with van der Waals surface area (Å²) in [5.41, 5.74) is 8.63. The van der Waals surface area contributed by atoms with Gasteiger partial charge in [0.2, 0.25) is 0 Å². The van der Waals surface area contributed by atoms with Crippen LogP contribution in [-0.4, -0.2) is 29.9 Å². The van der Waals surface area contributed by atoms with E-state index in [2.05, 4.69) is 10.3 Å². The maximum Gasteiger partial charge on any atom is 0.253 e. The Morgan fingerprint density at radius 2 is 1.83 bits per heavy atom. The third-order valence-electron chi connectivity index (χ3n) is 5.07. The van der Waals surface area contributed by atoms with E-state index in [4.69, 9.17) is 28.9 Å². The van der Waals surface area contributed by atoms with E-state index in [1.165, 1.54) is 6.42 Å². The Bertz CT molecular complexity index is 877. The number of hydrogen-bond acceptors (Lipinski definition) is 2. The number of guanidine groups is 1. The van der Waals surface area contributed by atoms with E-state index < -0.39 is 0 Å². The van der Waals surface area contributed by atoms with Crippen LogP contribution in [0, 0.1) is 0 Å². The molecule has 0 radical (unpaired) electrons. The molecule has 3 N–H and O–H groups in total. The van der Waals surface area contributed by atoms with Gasteiger partial charge in [-0.3, -0.25) is 4.79 Å². The minimum absolute atomic E-state index is 0.104. The SMILES string of the molecule is CC(NC(N)=NCc1ccc(C(=O)N2CCCCC2)cc1)c1ccc(Cl)cc1Cl. The van der Waals surface area contributed by atoms with Gasteiger partial charge in [0, 0.05) is 28.7 Å². The number of carbonyl (C=O) groups excluding carboxylic acids is 1. The van der Waals surface area contributed by atoms with E-state index in [9.17, 15) is 4.79 Å². The zero-order chi connectivity index (χ0) is 20.8. The molecule has 0 spiro atoms. The van der Waals surface area contributed by atoms with Gasteiger partial charge in [0.1, 0.15) is 0 Å². The number of rotatable bonds is 5. The molecule has 3 rings (SSSR count). The predicted molar refractivity (Wildman–Crippen MR) is 120 cm³/mol. The van der Waals surface area contributed by atoms with Gasteiger partial charge in [-0.15, -0.1) is 0 Å². The Balaban J connectivity index is 1.56. The van der Waals surface area contributed by atoms with Gasteiger partial charge >= 0.3 is 0 Å². The van der Waals surface area contributed by atoms with Crippen LogP contribution in [-0.2, 0) is 6.54 Å². The molecule has 5 nitrogen and oxygen atoms in total. The first-order valence-electron chi connectivity index (χ1n) is 9.83. The Morgan fingerprint density at radius 3 is 2.48 bits per heavy atom. The number of carbonyl (C=O) groups is 1. The number of aliphatic imine (C=N–C) groups is 1. The fraction of sp³-hybridized carbons (Fsp3) is 0.364. The average molecular weight is 433 g/mol. The van der Waals surface area contributed by atoms with Gasteiger partial charge in [0.15, 0.2) is 5.96 Å². The molecular weight excluding hydrogens is 407 g/mol. The van der Waals surface area contributed by atoms with E-state index in [0.29, 0.717) is 22.5 Å². The lowest BCUT2D eigenvalue weighted by molar-refractivity contribution is 0.0724. The summed E-state index contributed by atoms with van der Waals surface area (Å²) in [6.07, 6.45) is 3.38. The molecule has 1 saturated heterocycles. The summed E-state index contributed by atoms with van der Waals surface area (Å²) in [6, 6.07) is 12.8. The van der Waals surface area contributed by atoms with Gasteiger partial charge in [-0.2, -0.15) is 0 Å². The summed E-state index contributed by atoms with van der Waals surface area (Å²) in [5.74, 6) is 0.437. The third-order valence-corrected chi connectivity index (χ3v) is 5.63. The molecule has 2 aromatic rings. The summed E-state index contributed by atoms with van der Waals surface area (Å²) in [4.78, 5) is 18.9. The van der Waals surface area contributed by atoms with Gasteiger partial charge in [-0.05, 0) is 61.6 Å². The topological polar surface area (TPSA) is 70.7 Å². The van der Waals surface area contributed by atoms with Crippen molar-refractivity contribution in [2.75, 3.05) is 13.1 Å². The molecule has 0 bridgehead atoms. The number of hydrogen-bond donors (Lipinski definition) is 2. The Kier molecular flexibility index (Phi) is 7.40. The van der Waals surface area contributed by atoms with Gasteiger partial charge < -0.3 is 16.0 Å². The minimum Gasteiger partial charge on any atom is -0.370 e. The van der Waals surface area contributed by atoms with E-state index >= 15 is 0 Å². The Hall–Kier alpha value is -2.24. The van der Waals surface area contributed by atoms with Gasteiger partial charge in [-0.25, -0.2) is 4.99 Å². The third kappa shape index (κ3) is 5.87. The van der Waals surface area contributed by atoms with Crippen molar-refractivity contribution in [3.63, 3.8) is 0 Å². The molecule has 0 aliphatic carbocycles. The first kappa shape index (κ1) is 21.5. The zero-order valence-corrected chi connectivity index (χ0v) is 18.0. The number of halogens is 2. The van der Waals surface area contributed by atoms with Crippen molar-refractivity contribution in [1.29, 1.82) is 0 Å². The summed E-state index contributed by atoms with van der Waals surface area (Å²) in [7, 11) is 0. The largest absolute Gasteiger partial charge is 0.370 e. The molecule has 1 amide bonds. The predicted octanol–water partition coefficient (Wildman–Crippen LogP) is 4.79. The highest BCUT2D eigenvalue weighted by molar-refractivity contribution is 6.35. The summed E-state index contributed by atoms with van der Waals surface area (Å²) >= 11 is 12.2. The van der Waals surface area contributed by atoms with Gasteiger partial charge in [0.05, 0.1) is 12.6 Å². The van der Waals surface area contributed by atoms with Crippen molar-refractivity contribution in [1.82, 2.24) is 10.2 Å². The zero-order valence-electron chi connectivity index (χ0n) is 16.5. The van der Waals surface area contributed by atoms with Crippen LogP contribution in [0.4, 0.5) is 0 Å². The molecule has 1 fully saturated rings. The molecule has 1 heterocycles. The van der Waals surface area contributed by atoms with E-state index in [0.717, 1.165) is 42.6 Å². The molecule has 0 saturated carbocycles. The summed E-state index contributed by atoms with van der Waals surface area (Å²) in [5, 5.41) is 4.31. The van der Waals surface area contributed by atoms with E-state index in [1.807, 2.05) is 42.2 Å². The first-order chi connectivity index (χ1) is 13.9. The van der Waals surface area contributed by atoms with Crippen molar-refractivity contribution < 1.29 is 4.79 Å². The highest BCUT2D eigenvalue weighted by Crippen LogP contribution is 2.26. The standard InChI is InChI=1S/C22H26Cl2N4O/c1-15(19-10-9-18(23)13-20(19)24)27-22(25)26-14-16-5-7-17(8-6-16)21(29)28-11-3-2-4-12-28/h5-10,13,15H,2-4,11-12,14H2,1H3,(H3,25,26,27). The molecule has 154 valence electrons. The molecule has 29 heavy (non-hydrogen) atoms. The highest BCUT2D eigenvalue weighted by atomic mass is 35.5. The van der Waals surface area contributed by atoms with Crippen LogP contribution in [0.1, 0.15) is 53.7 Å². The molecule has 1 atom stereocenters. The van der Waals surface area contributed by atoms with E-state index in [1.54, 1.807) is 12.1 Å². The fourth-order valence-corrected chi connectivity index (χ4v) is 3.98. The molecule has 1 aliphatic rings. The monoisotopic (exact) mass is 432 g/mol. The van der Waals surface area contributed by atoms with Crippen molar-refractivity contribution in [2.24, 2.45) is 10.7 Å². The van der Waals surface area contributed by atoms with Crippen LogP contribution in [0.25, 0.3) is 0 Å². The number of piperidine rings is 1. The minimum atomic E-state index is -0.104. The number of nitrogens with one attached hydrogen (secondary N) is 1. The van der Waals surface area contributed by atoms with Gasteiger partial charge in [-0.1, -0.05) is 41.4 Å². The normalized spacial score (nSPS) is 15.8. The lowest BCUT2D eigenvalue weighted by Crippen LogP contribution is -2.35. The Labute approximate surface area is 181 Å². The number of nitrogens with two attached hydrogens (primary N) is 1. The van der Waals surface area contributed by atoms with Crippen LogP contribution in [0.3, 0.4) is 0 Å². The first-order valence-corrected chi connectivity index (χ1v) is 10.6. The summed E-state index contributed by atoms with van der Waals surface area (Å²) in [6.45, 7) is 4.09. The van der Waals surface area contributed by atoms with Crippen LogP contribution < -0.4 is 11.1 Å². The van der Waals surface area contributed by atoms with Crippen LogP contribution in [0.2, 0.25) is 10.0 Å². The molecule has 1 unspecified atom stereocenters. The summed E-state index contributed by atoms with van der Waals surface area (Å²) < 4.78 is 0. The van der Waals surface area contributed by atoms with Gasteiger partial charge in [0.25, 0.3) is 5.91 Å². The maximum absolute atomic E-state index is 12.5. The Morgan fingerprint density at radius 1 is 1.14 bits per heavy atom. The van der Waals surface area contributed by atoms with E-state index in [-0.39, 0.29) is 11.9 Å². The second-order valence-electron chi connectivity index (χ2n) is 7.28. The number of nitrogens with zero attached hydrogens (tertiary/aromatic N) is 2. The van der Waals surface area contributed by atoms with Crippen molar-refractivity contribution in [3.05, 3.63) is 69.2 Å². The number of amides is 1.